The van der Waals surface area contributed by atoms with Gasteiger partial charge in [-0.25, -0.2) is 4.98 Å². The minimum Gasteiger partial charge on any atom is -0.460 e. The summed E-state index contributed by atoms with van der Waals surface area (Å²) in [6.07, 6.45) is -4.88. The number of ether oxygens (including phenoxy) is 2. The SMILES string of the molecule is CC(=O)Nc1nc(-c2cc(Cl)cc(OC(F)(F)F)c2)c(COC(C)=O)s1. The number of hydrogen-bond acceptors (Lipinski definition) is 6. The van der Waals surface area contributed by atoms with Gasteiger partial charge in [-0.05, 0) is 18.2 Å². The fourth-order valence-electron chi connectivity index (χ4n) is 1.94. The van der Waals surface area contributed by atoms with Crippen LogP contribution in [0, 0.1) is 0 Å². The van der Waals surface area contributed by atoms with Gasteiger partial charge in [0.05, 0.1) is 10.6 Å². The molecule has 0 unspecified atom stereocenters. The molecule has 0 radical (unpaired) electrons. The molecule has 0 aliphatic rings. The van der Waals surface area contributed by atoms with Gasteiger partial charge < -0.3 is 14.8 Å². The van der Waals surface area contributed by atoms with Gasteiger partial charge in [-0.15, -0.1) is 13.2 Å². The van der Waals surface area contributed by atoms with Gasteiger partial charge in [0.25, 0.3) is 0 Å². The summed E-state index contributed by atoms with van der Waals surface area (Å²) in [6.45, 7) is 2.33. The Kier molecular flexibility index (Phi) is 6.09. The smallest absolute Gasteiger partial charge is 0.460 e. The second-order valence-corrected chi connectivity index (χ2v) is 6.50. The number of halogens is 4. The summed E-state index contributed by atoms with van der Waals surface area (Å²) in [5.74, 6) is -1.44. The number of thiazole rings is 1. The fraction of sp³-hybridized carbons (Fsp3) is 0.267. The van der Waals surface area contributed by atoms with Crippen LogP contribution in [0.25, 0.3) is 11.3 Å². The third-order valence-corrected chi connectivity index (χ3v) is 3.93. The van der Waals surface area contributed by atoms with E-state index in [1.807, 2.05) is 0 Å². The summed E-state index contributed by atoms with van der Waals surface area (Å²) in [5, 5.41) is 2.67. The number of esters is 1. The number of hydrogen-bond donors (Lipinski definition) is 1. The first-order chi connectivity index (χ1) is 12.0. The lowest BCUT2D eigenvalue weighted by Crippen LogP contribution is -2.17. The third kappa shape index (κ3) is 5.88. The van der Waals surface area contributed by atoms with Crippen molar-refractivity contribution in [2.24, 2.45) is 0 Å². The van der Waals surface area contributed by atoms with Crippen LogP contribution in [0.5, 0.6) is 5.75 Å². The van der Waals surface area contributed by atoms with Crippen molar-refractivity contribution in [3.8, 4) is 17.0 Å². The van der Waals surface area contributed by atoms with E-state index >= 15 is 0 Å². The first-order valence-electron chi connectivity index (χ1n) is 7.01. The number of nitrogens with one attached hydrogen (secondary N) is 1. The number of amides is 1. The Balaban J connectivity index is 2.46. The normalized spacial score (nSPS) is 11.2. The zero-order valence-electron chi connectivity index (χ0n) is 13.4. The van der Waals surface area contributed by atoms with E-state index in [0.29, 0.717) is 4.88 Å². The summed E-state index contributed by atoms with van der Waals surface area (Å²) in [6, 6.07) is 3.49. The Morgan fingerprint density at radius 1 is 1.27 bits per heavy atom. The first kappa shape index (κ1) is 20.0. The minimum absolute atomic E-state index is 0.00531. The number of carbonyl (C=O) groups excluding carboxylic acids is 2. The molecule has 2 rings (SSSR count). The molecule has 1 heterocycles. The van der Waals surface area contributed by atoms with E-state index in [2.05, 4.69) is 15.0 Å². The molecule has 0 saturated heterocycles. The molecule has 0 saturated carbocycles. The van der Waals surface area contributed by atoms with Gasteiger partial charge in [0.15, 0.2) is 5.13 Å². The third-order valence-electron chi connectivity index (χ3n) is 2.77. The molecule has 11 heteroatoms. The fourth-order valence-corrected chi connectivity index (χ4v) is 3.11. The topological polar surface area (TPSA) is 77.5 Å². The average Bonchev–Trinajstić information content (AvgIpc) is 2.84. The highest BCUT2D eigenvalue weighted by Gasteiger charge is 2.31. The summed E-state index contributed by atoms with van der Waals surface area (Å²) in [4.78, 5) is 26.8. The van der Waals surface area contributed by atoms with E-state index in [1.165, 1.54) is 19.9 Å². The molecule has 1 aromatic carbocycles. The van der Waals surface area contributed by atoms with E-state index in [-0.39, 0.29) is 33.9 Å². The maximum Gasteiger partial charge on any atom is 0.573 e. The van der Waals surface area contributed by atoms with Crippen LogP contribution >= 0.6 is 22.9 Å². The number of carbonyl (C=O) groups is 2. The predicted octanol–water partition coefficient (Wildman–Crippen LogP) is 4.38. The highest BCUT2D eigenvalue weighted by molar-refractivity contribution is 7.16. The van der Waals surface area contributed by atoms with Crippen molar-refractivity contribution in [3.63, 3.8) is 0 Å². The van der Waals surface area contributed by atoms with E-state index < -0.39 is 18.1 Å². The predicted molar refractivity (Wildman–Crippen MR) is 89.0 cm³/mol. The maximum absolute atomic E-state index is 12.5. The molecule has 0 spiro atoms. The van der Waals surface area contributed by atoms with Crippen molar-refractivity contribution in [3.05, 3.63) is 28.1 Å². The van der Waals surface area contributed by atoms with Crippen molar-refractivity contribution >= 4 is 39.9 Å². The van der Waals surface area contributed by atoms with Crippen LogP contribution in [0.2, 0.25) is 5.02 Å². The van der Waals surface area contributed by atoms with Crippen LogP contribution in [0.4, 0.5) is 18.3 Å². The van der Waals surface area contributed by atoms with Crippen molar-refractivity contribution in [1.82, 2.24) is 4.98 Å². The molecule has 2 aromatic rings. The van der Waals surface area contributed by atoms with Gasteiger partial charge in [-0.3, -0.25) is 9.59 Å². The number of benzene rings is 1. The second-order valence-electron chi connectivity index (χ2n) is 4.98. The van der Waals surface area contributed by atoms with Gasteiger partial charge in [-0.1, -0.05) is 22.9 Å². The monoisotopic (exact) mass is 408 g/mol. The summed E-state index contributed by atoms with van der Waals surface area (Å²) in [7, 11) is 0. The zero-order chi connectivity index (χ0) is 19.5. The van der Waals surface area contributed by atoms with Gasteiger partial charge in [-0.2, -0.15) is 0 Å². The Bertz CT molecular complexity index is 839. The molecule has 1 aromatic heterocycles. The molecule has 0 aliphatic heterocycles. The van der Waals surface area contributed by atoms with E-state index in [0.717, 1.165) is 23.5 Å². The largest absolute Gasteiger partial charge is 0.573 e. The standard InChI is InChI=1S/C15H12ClF3N2O4S/c1-7(22)20-14-21-13(12(26-14)6-24-8(2)23)9-3-10(16)5-11(4-9)25-15(17,18)19/h3-5H,6H2,1-2H3,(H,20,21,22). The quantitative estimate of drug-likeness (QED) is 0.743. The maximum atomic E-state index is 12.5. The lowest BCUT2D eigenvalue weighted by molar-refractivity contribution is -0.274. The Hall–Kier alpha value is -2.33. The number of rotatable bonds is 5. The van der Waals surface area contributed by atoms with E-state index in [1.54, 1.807) is 0 Å². The molecular formula is C15H12ClF3N2O4S. The Morgan fingerprint density at radius 2 is 1.96 bits per heavy atom. The first-order valence-corrected chi connectivity index (χ1v) is 8.20. The molecule has 0 fully saturated rings. The van der Waals surface area contributed by atoms with Crippen molar-refractivity contribution < 1.29 is 32.2 Å². The van der Waals surface area contributed by atoms with Crippen LogP contribution in [0.15, 0.2) is 18.2 Å². The van der Waals surface area contributed by atoms with Gasteiger partial charge in [0.2, 0.25) is 5.91 Å². The van der Waals surface area contributed by atoms with Gasteiger partial charge in [0, 0.05) is 24.4 Å². The number of anilines is 1. The minimum atomic E-state index is -4.88. The van der Waals surface area contributed by atoms with Crippen LogP contribution in [0.1, 0.15) is 18.7 Å². The molecule has 0 bridgehead atoms. The van der Waals surface area contributed by atoms with Gasteiger partial charge in [0.1, 0.15) is 12.4 Å². The van der Waals surface area contributed by atoms with Crippen LogP contribution < -0.4 is 10.1 Å². The number of aromatic nitrogens is 1. The summed E-state index contributed by atoms with van der Waals surface area (Å²) < 4.78 is 46.2. The number of nitrogens with zero attached hydrogens (tertiary/aromatic N) is 1. The van der Waals surface area contributed by atoms with Crippen LogP contribution in [-0.2, 0) is 20.9 Å². The molecule has 0 atom stereocenters. The Morgan fingerprint density at radius 3 is 2.54 bits per heavy atom. The summed E-state index contributed by atoms with van der Waals surface area (Å²) in [5.41, 5.74) is 0.432. The zero-order valence-corrected chi connectivity index (χ0v) is 15.0. The van der Waals surface area contributed by atoms with E-state index in [9.17, 15) is 22.8 Å². The molecule has 0 aliphatic carbocycles. The van der Waals surface area contributed by atoms with Crippen LogP contribution in [-0.4, -0.2) is 23.2 Å². The second kappa shape index (κ2) is 7.92. The van der Waals surface area contributed by atoms with Crippen molar-refractivity contribution in [2.45, 2.75) is 26.8 Å². The van der Waals surface area contributed by atoms with Crippen molar-refractivity contribution in [1.29, 1.82) is 0 Å². The Labute approximate surface area is 154 Å². The molecule has 140 valence electrons. The lowest BCUT2D eigenvalue weighted by Gasteiger charge is -2.11. The molecule has 1 amide bonds. The van der Waals surface area contributed by atoms with Crippen LogP contribution in [0.3, 0.4) is 0 Å². The highest BCUT2D eigenvalue weighted by Crippen LogP contribution is 2.36. The average molecular weight is 409 g/mol. The molecule has 26 heavy (non-hydrogen) atoms. The lowest BCUT2D eigenvalue weighted by atomic mass is 10.1. The van der Waals surface area contributed by atoms with E-state index in [4.69, 9.17) is 16.3 Å². The number of alkyl halides is 3. The molecule has 1 N–H and O–H groups in total. The van der Waals surface area contributed by atoms with Crippen molar-refractivity contribution in [2.75, 3.05) is 5.32 Å². The molecular weight excluding hydrogens is 397 g/mol. The highest BCUT2D eigenvalue weighted by atomic mass is 35.5. The molecule has 6 nitrogen and oxygen atoms in total. The summed E-state index contributed by atoms with van der Waals surface area (Å²) >= 11 is 6.90. The van der Waals surface area contributed by atoms with Gasteiger partial charge >= 0.3 is 12.3 Å².